The standard InChI is InChI=1S/C10H14IN/c1-8-2-3-9-4-5-12(11)7-10(9)6-8/h6H,2-5,7H2,1H3. The van der Waals surface area contributed by atoms with Crippen LogP contribution in [0.2, 0.25) is 0 Å². The van der Waals surface area contributed by atoms with Gasteiger partial charge < -0.3 is 0 Å². The molecule has 0 aromatic heterocycles. The number of nitrogens with zero attached hydrogens (tertiary/aromatic N) is 1. The molecule has 1 aliphatic carbocycles. The highest BCUT2D eigenvalue weighted by Gasteiger charge is 2.18. The third-order valence-electron chi connectivity index (χ3n) is 2.69. The van der Waals surface area contributed by atoms with Gasteiger partial charge in [0.15, 0.2) is 0 Å². The fraction of sp³-hybridized carbons (Fsp3) is 0.600. The summed E-state index contributed by atoms with van der Waals surface area (Å²) in [6, 6.07) is 0. The molecule has 1 nitrogen and oxygen atoms in total. The fourth-order valence-electron chi connectivity index (χ4n) is 1.94. The van der Waals surface area contributed by atoms with E-state index in [9.17, 15) is 0 Å². The van der Waals surface area contributed by atoms with Crippen molar-refractivity contribution in [3.05, 3.63) is 22.8 Å². The lowest BCUT2D eigenvalue weighted by Gasteiger charge is -2.28. The average Bonchev–Trinajstić information content (AvgIpc) is 2.03. The Morgan fingerprint density at radius 1 is 1.33 bits per heavy atom. The van der Waals surface area contributed by atoms with Crippen LogP contribution >= 0.6 is 22.9 Å². The summed E-state index contributed by atoms with van der Waals surface area (Å²) in [6.45, 7) is 4.65. The highest BCUT2D eigenvalue weighted by atomic mass is 127. The molecule has 1 aliphatic heterocycles. The van der Waals surface area contributed by atoms with Gasteiger partial charge in [-0.25, -0.2) is 3.11 Å². The highest BCUT2D eigenvalue weighted by Crippen LogP contribution is 2.30. The molecule has 0 N–H and O–H groups in total. The van der Waals surface area contributed by atoms with Gasteiger partial charge >= 0.3 is 0 Å². The molecule has 0 spiro atoms. The van der Waals surface area contributed by atoms with E-state index in [1.807, 2.05) is 0 Å². The van der Waals surface area contributed by atoms with Gasteiger partial charge in [-0.3, -0.25) is 0 Å². The Hall–Kier alpha value is 0.170. The molecule has 0 atom stereocenters. The van der Waals surface area contributed by atoms with E-state index in [0.717, 1.165) is 6.54 Å². The summed E-state index contributed by atoms with van der Waals surface area (Å²) in [7, 11) is 0. The van der Waals surface area contributed by atoms with Gasteiger partial charge in [0.05, 0.1) is 0 Å². The van der Waals surface area contributed by atoms with Crippen molar-refractivity contribution in [2.45, 2.75) is 26.2 Å². The van der Waals surface area contributed by atoms with Crippen LogP contribution in [0, 0.1) is 0 Å². The van der Waals surface area contributed by atoms with Crippen molar-refractivity contribution in [2.75, 3.05) is 13.1 Å². The number of rotatable bonds is 0. The van der Waals surface area contributed by atoms with Crippen LogP contribution in [0.15, 0.2) is 22.8 Å². The Balaban J connectivity index is 2.23. The zero-order valence-corrected chi connectivity index (χ0v) is 9.60. The molecule has 0 bridgehead atoms. The lowest BCUT2D eigenvalue weighted by Crippen LogP contribution is -2.23. The van der Waals surface area contributed by atoms with Gasteiger partial charge in [0, 0.05) is 36.0 Å². The third-order valence-corrected chi connectivity index (χ3v) is 3.52. The average molecular weight is 275 g/mol. The molecule has 0 saturated heterocycles. The van der Waals surface area contributed by atoms with E-state index in [1.54, 1.807) is 16.7 Å². The Labute approximate surface area is 88.0 Å². The Bertz CT molecular complexity index is 253. The summed E-state index contributed by atoms with van der Waals surface area (Å²) in [4.78, 5) is 0. The van der Waals surface area contributed by atoms with Crippen molar-refractivity contribution in [3.63, 3.8) is 0 Å². The molecule has 0 unspecified atom stereocenters. The van der Waals surface area contributed by atoms with E-state index in [4.69, 9.17) is 0 Å². The van der Waals surface area contributed by atoms with Crippen LogP contribution in [-0.2, 0) is 0 Å². The van der Waals surface area contributed by atoms with Gasteiger partial charge in [-0.05, 0) is 31.8 Å². The molecule has 1 heterocycles. The molecule has 0 aromatic rings. The van der Waals surface area contributed by atoms with Crippen molar-refractivity contribution in [2.24, 2.45) is 0 Å². The lowest BCUT2D eigenvalue weighted by atomic mass is 9.89. The zero-order valence-electron chi connectivity index (χ0n) is 7.44. The van der Waals surface area contributed by atoms with Gasteiger partial charge in [-0.1, -0.05) is 17.2 Å². The minimum absolute atomic E-state index is 1.16. The Kier molecular flexibility index (Phi) is 2.55. The number of allylic oxidation sites excluding steroid dienone is 1. The van der Waals surface area contributed by atoms with E-state index in [-0.39, 0.29) is 0 Å². The molecule has 2 rings (SSSR count). The van der Waals surface area contributed by atoms with Crippen molar-refractivity contribution < 1.29 is 0 Å². The summed E-state index contributed by atoms with van der Waals surface area (Å²) in [5.41, 5.74) is 4.87. The zero-order chi connectivity index (χ0) is 8.55. The van der Waals surface area contributed by atoms with Gasteiger partial charge in [0.2, 0.25) is 0 Å². The first kappa shape index (κ1) is 8.75. The molecule has 12 heavy (non-hydrogen) atoms. The van der Waals surface area contributed by atoms with Gasteiger partial charge in [-0.2, -0.15) is 0 Å². The van der Waals surface area contributed by atoms with Crippen molar-refractivity contribution in [3.8, 4) is 0 Å². The van der Waals surface area contributed by atoms with Crippen LogP contribution in [0.1, 0.15) is 26.2 Å². The number of hydrogen-bond donors (Lipinski definition) is 0. The SMILES string of the molecule is CC1=CC2=C(CC1)CCN(I)C2. The molecule has 66 valence electrons. The van der Waals surface area contributed by atoms with Crippen LogP contribution in [-0.4, -0.2) is 16.2 Å². The molecule has 2 aliphatic rings. The maximum absolute atomic E-state index is 2.42. The van der Waals surface area contributed by atoms with E-state index in [1.165, 1.54) is 25.8 Å². The maximum Gasteiger partial charge on any atom is 0.0331 e. The monoisotopic (exact) mass is 275 g/mol. The minimum Gasteiger partial charge on any atom is -0.243 e. The summed E-state index contributed by atoms with van der Waals surface area (Å²) in [5.74, 6) is 0. The molecule has 0 aromatic carbocycles. The van der Waals surface area contributed by atoms with Crippen molar-refractivity contribution in [1.29, 1.82) is 0 Å². The first-order valence-electron chi connectivity index (χ1n) is 4.54. The molecule has 0 amide bonds. The number of hydrogen-bond acceptors (Lipinski definition) is 1. The van der Waals surface area contributed by atoms with Crippen LogP contribution in [0.5, 0.6) is 0 Å². The van der Waals surface area contributed by atoms with E-state index >= 15 is 0 Å². The maximum atomic E-state index is 2.42. The second-order valence-corrected chi connectivity index (χ2v) is 5.08. The van der Waals surface area contributed by atoms with Crippen LogP contribution in [0.25, 0.3) is 0 Å². The van der Waals surface area contributed by atoms with E-state index in [0.29, 0.717) is 0 Å². The Morgan fingerprint density at radius 2 is 2.17 bits per heavy atom. The van der Waals surface area contributed by atoms with E-state index < -0.39 is 0 Å². The topological polar surface area (TPSA) is 3.24 Å². The molecule has 2 heteroatoms. The number of halogens is 1. The lowest BCUT2D eigenvalue weighted by molar-refractivity contribution is 0.511. The molecular formula is C10H14IN. The molecule has 0 saturated carbocycles. The molecule has 0 fully saturated rings. The normalized spacial score (nSPS) is 25.3. The van der Waals surface area contributed by atoms with Crippen molar-refractivity contribution in [1.82, 2.24) is 3.11 Å². The minimum atomic E-state index is 1.16. The van der Waals surface area contributed by atoms with Gasteiger partial charge in [-0.15, -0.1) is 0 Å². The fourth-order valence-corrected chi connectivity index (χ4v) is 2.55. The van der Waals surface area contributed by atoms with Crippen LogP contribution < -0.4 is 0 Å². The first-order valence-corrected chi connectivity index (χ1v) is 5.51. The molecular weight excluding hydrogens is 261 g/mol. The summed E-state index contributed by atoms with van der Waals surface area (Å²) in [6.07, 6.45) is 6.30. The largest absolute Gasteiger partial charge is 0.243 e. The van der Waals surface area contributed by atoms with Gasteiger partial charge in [0.1, 0.15) is 0 Å². The quantitative estimate of drug-likeness (QED) is 0.485. The predicted molar refractivity (Wildman–Crippen MR) is 60.2 cm³/mol. The summed E-state index contributed by atoms with van der Waals surface area (Å²) in [5, 5.41) is 0. The van der Waals surface area contributed by atoms with Gasteiger partial charge in [0.25, 0.3) is 0 Å². The first-order chi connectivity index (χ1) is 5.75. The second kappa shape index (κ2) is 3.50. The van der Waals surface area contributed by atoms with E-state index in [2.05, 4.69) is 39.0 Å². The molecule has 0 radical (unpaired) electrons. The summed E-state index contributed by atoms with van der Waals surface area (Å²) >= 11 is 2.42. The van der Waals surface area contributed by atoms with Crippen LogP contribution in [0.3, 0.4) is 0 Å². The second-order valence-electron chi connectivity index (χ2n) is 3.71. The van der Waals surface area contributed by atoms with Crippen molar-refractivity contribution >= 4 is 22.9 Å². The smallest absolute Gasteiger partial charge is 0.0331 e. The Morgan fingerprint density at radius 3 is 3.00 bits per heavy atom. The highest BCUT2D eigenvalue weighted by molar-refractivity contribution is 14.1. The predicted octanol–water partition coefficient (Wildman–Crippen LogP) is 3.08. The van der Waals surface area contributed by atoms with Crippen LogP contribution in [0.4, 0.5) is 0 Å². The third kappa shape index (κ3) is 1.74. The summed E-state index contributed by atoms with van der Waals surface area (Å²) < 4.78 is 2.38.